The Morgan fingerprint density at radius 2 is 1.94 bits per heavy atom. The summed E-state index contributed by atoms with van der Waals surface area (Å²) in [5.41, 5.74) is 0.709. The maximum atomic E-state index is 13.4. The van der Waals surface area contributed by atoms with E-state index in [9.17, 15) is 14.7 Å². The number of nitrogens with one attached hydrogen (secondary N) is 1. The van der Waals surface area contributed by atoms with Crippen molar-refractivity contribution in [1.82, 2.24) is 10.3 Å². The van der Waals surface area contributed by atoms with Crippen molar-refractivity contribution in [3.05, 3.63) is 21.7 Å². The van der Waals surface area contributed by atoms with E-state index < -0.39 is 11.5 Å². The van der Waals surface area contributed by atoms with E-state index in [-0.39, 0.29) is 47.7 Å². The van der Waals surface area contributed by atoms with E-state index in [1.807, 2.05) is 32.2 Å². The van der Waals surface area contributed by atoms with Crippen LogP contribution in [0.1, 0.15) is 91.3 Å². The van der Waals surface area contributed by atoms with Gasteiger partial charge in [-0.15, -0.1) is 11.3 Å². The second-order valence-electron chi connectivity index (χ2n) is 11.8. The van der Waals surface area contributed by atoms with Gasteiger partial charge in [-0.1, -0.05) is 47.5 Å². The van der Waals surface area contributed by atoms with Gasteiger partial charge in [-0.25, -0.2) is 4.98 Å². The normalized spacial score (nSPS) is 37.5. The zero-order valence-electron chi connectivity index (χ0n) is 22.7. The Morgan fingerprint density at radius 3 is 2.57 bits per heavy atom. The van der Waals surface area contributed by atoms with E-state index in [0.29, 0.717) is 12.3 Å². The number of nitrogens with zero attached hydrogens (tertiary/aromatic N) is 1. The number of amides is 1. The minimum atomic E-state index is -1.05. The molecule has 3 heterocycles. The van der Waals surface area contributed by atoms with Crippen molar-refractivity contribution >= 4 is 29.1 Å². The number of aliphatic hydroxyl groups excluding tert-OH is 1. The van der Waals surface area contributed by atoms with Crippen LogP contribution in [0.4, 0.5) is 0 Å². The summed E-state index contributed by atoms with van der Waals surface area (Å²) in [5.74, 6) is 0.164. The molecule has 2 N–H and O–H groups in total. The molecule has 2 aliphatic heterocycles. The third-order valence-electron chi connectivity index (χ3n) is 8.66. The van der Waals surface area contributed by atoms with Crippen molar-refractivity contribution in [2.75, 3.05) is 0 Å². The maximum Gasteiger partial charge on any atom is 0.223 e. The van der Waals surface area contributed by atoms with Crippen LogP contribution in [0.5, 0.6) is 0 Å². The quantitative estimate of drug-likeness (QED) is 0.532. The second kappa shape index (κ2) is 10.8. The Labute approximate surface area is 214 Å². The van der Waals surface area contributed by atoms with Crippen LogP contribution in [0.25, 0.3) is 6.08 Å². The number of ketones is 1. The monoisotopic (exact) mass is 504 g/mol. The van der Waals surface area contributed by atoms with E-state index >= 15 is 0 Å². The topological polar surface area (TPSA) is 91.8 Å². The lowest BCUT2D eigenvalue weighted by Gasteiger charge is -2.35. The van der Waals surface area contributed by atoms with Crippen LogP contribution in [0.3, 0.4) is 0 Å². The summed E-state index contributed by atoms with van der Waals surface area (Å²) in [4.78, 5) is 31.0. The maximum absolute atomic E-state index is 13.4. The fraction of sp³-hybridized carbons (Fsp3) is 0.750. The van der Waals surface area contributed by atoms with Crippen LogP contribution >= 0.6 is 11.3 Å². The standard InChI is InChI=1S/C28H44N2O4S/c1-16-10-9-11-28(8)24(34-28)13-22(17(2)12-21-15-35-20(5)29-21)30-25(32)14-23(31)27(6,7)26(33)19(4)18(16)3/h12,15-16,18-19,22-24,31H,9-11,13-14H2,1-8H3,(H,30,32)/b17-12+/t16-,18-,19+,22-,23-,24-,28+/m0/s1. The van der Waals surface area contributed by atoms with E-state index in [2.05, 4.69) is 31.1 Å². The van der Waals surface area contributed by atoms with Gasteiger partial charge in [0.1, 0.15) is 5.78 Å². The molecule has 0 radical (unpaired) electrons. The highest BCUT2D eigenvalue weighted by atomic mass is 32.1. The Balaban J connectivity index is 1.85. The molecule has 2 fully saturated rings. The third-order valence-corrected chi connectivity index (χ3v) is 9.45. The molecule has 1 amide bonds. The highest BCUT2D eigenvalue weighted by molar-refractivity contribution is 7.09. The summed E-state index contributed by atoms with van der Waals surface area (Å²) < 4.78 is 6.16. The minimum Gasteiger partial charge on any atom is -0.392 e. The summed E-state index contributed by atoms with van der Waals surface area (Å²) in [7, 11) is 0. The van der Waals surface area contributed by atoms with Crippen LogP contribution in [-0.4, -0.2) is 45.6 Å². The smallest absolute Gasteiger partial charge is 0.223 e. The van der Waals surface area contributed by atoms with Gasteiger partial charge in [-0.2, -0.15) is 0 Å². The molecule has 6 nitrogen and oxygen atoms in total. The van der Waals surface area contributed by atoms with Crippen molar-refractivity contribution in [2.24, 2.45) is 23.2 Å². The summed E-state index contributed by atoms with van der Waals surface area (Å²) in [6.45, 7) is 16.0. The number of fused-ring (bicyclic) bond motifs is 1. The molecule has 0 bridgehead atoms. The number of carbonyl (C=O) groups is 2. The first-order chi connectivity index (χ1) is 16.2. The van der Waals surface area contributed by atoms with E-state index in [1.54, 1.807) is 25.2 Å². The number of aromatic nitrogens is 1. The van der Waals surface area contributed by atoms with E-state index in [1.165, 1.54) is 0 Å². The van der Waals surface area contributed by atoms with Crippen molar-refractivity contribution in [1.29, 1.82) is 0 Å². The molecule has 0 aromatic carbocycles. The number of Topliss-reactive ketones (excluding diaryl/α,β-unsaturated/α-hetero) is 1. The molecular formula is C28H44N2O4S. The lowest BCUT2D eigenvalue weighted by molar-refractivity contribution is -0.141. The van der Waals surface area contributed by atoms with Crippen molar-refractivity contribution < 1.29 is 19.4 Å². The number of carbonyl (C=O) groups excluding carboxylic acids is 2. The minimum absolute atomic E-state index is 0.0216. The van der Waals surface area contributed by atoms with Gasteiger partial charge in [-0.05, 0) is 50.7 Å². The predicted molar refractivity (Wildman–Crippen MR) is 141 cm³/mol. The van der Waals surface area contributed by atoms with E-state index in [0.717, 1.165) is 35.5 Å². The molecule has 2 saturated heterocycles. The average molecular weight is 505 g/mol. The van der Waals surface area contributed by atoms with Gasteiger partial charge >= 0.3 is 0 Å². The molecule has 0 saturated carbocycles. The van der Waals surface area contributed by atoms with Crippen molar-refractivity contribution in [3.8, 4) is 0 Å². The average Bonchev–Trinajstić information content (AvgIpc) is 3.22. The van der Waals surface area contributed by atoms with Gasteiger partial charge < -0.3 is 15.2 Å². The first kappa shape index (κ1) is 28.0. The number of thiazole rings is 1. The molecule has 1 aromatic rings. The SMILES string of the molecule is C/C(=C\c1csc(C)n1)[C@@H]1C[C@@H]2O[C@]2(C)CCC[C@H](C)[C@H](C)[C@@H](C)C(=O)C(C)(C)[C@@H](O)CC(=O)N1. The molecule has 3 rings (SSSR count). The number of aliphatic hydroxyl groups is 1. The first-order valence-electron chi connectivity index (χ1n) is 13.0. The zero-order valence-corrected chi connectivity index (χ0v) is 23.5. The summed E-state index contributed by atoms with van der Waals surface area (Å²) >= 11 is 1.60. The fourth-order valence-electron chi connectivity index (χ4n) is 5.37. The molecule has 35 heavy (non-hydrogen) atoms. The largest absolute Gasteiger partial charge is 0.392 e. The number of ether oxygens (including phenoxy) is 1. The van der Waals surface area contributed by atoms with Gasteiger partial charge in [0.15, 0.2) is 0 Å². The Morgan fingerprint density at radius 1 is 1.26 bits per heavy atom. The molecule has 7 atom stereocenters. The predicted octanol–water partition coefficient (Wildman–Crippen LogP) is 5.33. The molecular weight excluding hydrogens is 460 g/mol. The van der Waals surface area contributed by atoms with Crippen molar-refractivity contribution in [2.45, 2.75) is 111 Å². The number of rotatable bonds is 2. The molecule has 1 aromatic heterocycles. The fourth-order valence-corrected chi connectivity index (χ4v) is 5.94. The summed E-state index contributed by atoms with van der Waals surface area (Å²) in [5, 5.41) is 17.1. The molecule has 0 unspecified atom stereocenters. The van der Waals surface area contributed by atoms with Gasteiger partial charge in [-0.3, -0.25) is 9.59 Å². The third kappa shape index (κ3) is 6.60. The Hall–Kier alpha value is -1.57. The first-order valence-corrected chi connectivity index (χ1v) is 13.9. The zero-order chi connectivity index (χ0) is 26.1. The van der Waals surface area contributed by atoms with Gasteiger partial charge in [0.2, 0.25) is 5.91 Å². The van der Waals surface area contributed by atoms with Gasteiger partial charge in [0.25, 0.3) is 0 Å². The van der Waals surface area contributed by atoms with Crippen LogP contribution < -0.4 is 5.32 Å². The van der Waals surface area contributed by atoms with Crippen LogP contribution in [0, 0.1) is 30.1 Å². The lowest BCUT2D eigenvalue weighted by Crippen LogP contribution is -2.46. The summed E-state index contributed by atoms with van der Waals surface area (Å²) in [6.07, 6.45) is 4.65. The highest BCUT2D eigenvalue weighted by Crippen LogP contribution is 2.45. The van der Waals surface area contributed by atoms with E-state index in [4.69, 9.17) is 4.74 Å². The van der Waals surface area contributed by atoms with Crippen molar-refractivity contribution in [3.63, 3.8) is 0 Å². The molecule has 0 spiro atoms. The molecule has 196 valence electrons. The molecule has 0 aliphatic carbocycles. The Bertz CT molecular complexity index is 955. The number of hydrogen-bond donors (Lipinski definition) is 2. The van der Waals surface area contributed by atoms with Gasteiger partial charge in [0.05, 0.1) is 46.4 Å². The Kier molecular flexibility index (Phi) is 8.65. The molecule has 2 aliphatic rings. The molecule has 7 heteroatoms. The second-order valence-corrected chi connectivity index (χ2v) is 12.8. The number of hydrogen-bond acceptors (Lipinski definition) is 6. The lowest BCUT2D eigenvalue weighted by atomic mass is 9.70. The van der Waals surface area contributed by atoms with Crippen LogP contribution in [0.15, 0.2) is 11.0 Å². The van der Waals surface area contributed by atoms with Crippen LogP contribution in [-0.2, 0) is 14.3 Å². The number of aryl methyl sites for hydroxylation is 1. The highest BCUT2D eigenvalue weighted by Gasteiger charge is 2.52. The van der Waals surface area contributed by atoms with Gasteiger partial charge in [0, 0.05) is 17.7 Å². The van der Waals surface area contributed by atoms with Crippen LogP contribution in [0.2, 0.25) is 0 Å². The number of epoxide rings is 1. The summed E-state index contributed by atoms with van der Waals surface area (Å²) in [6, 6.07) is -0.229.